The normalized spacial score (nSPS) is 10.4. The van der Waals surface area contributed by atoms with Crippen molar-refractivity contribution >= 4 is 22.0 Å². The van der Waals surface area contributed by atoms with Crippen molar-refractivity contribution in [2.24, 2.45) is 0 Å². The van der Waals surface area contributed by atoms with Gasteiger partial charge in [0.15, 0.2) is 0 Å². The number of amides is 1. The molecule has 0 spiro atoms. The number of hydrogen-bond acceptors (Lipinski definition) is 2. The molecule has 0 aliphatic carbocycles. The first-order chi connectivity index (χ1) is 9.40. The zero-order valence-corrected chi connectivity index (χ0v) is 13.7. The maximum absolute atomic E-state index is 11.4. The first kappa shape index (κ1) is 16.6. The quantitative estimate of drug-likeness (QED) is 0.516. The van der Waals surface area contributed by atoms with Gasteiger partial charge < -0.3 is 10.1 Å². The molecular weight excluding hydrogens is 318 g/mol. The highest BCUT2D eigenvalue weighted by Crippen LogP contribution is 2.07. The summed E-state index contributed by atoms with van der Waals surface area (Å²) in [5.74, 6) is 6.09. The van der Waals surface area contributed by atoms with Crippen LogP contribution in [0.25, 0.3) is 0 Å². The van der Waals surface area contributed by atoms with Crippen LogP contribution in [0.5, 0.6) is 0 Å². The minimum absolute atomic E-state index is 0.402. The molecule has 108 valence electrons. The fourth-order valence-corrected chi connectivity index (χ4v) is 1.76. The van der Waals surface area contributed by atoms with E-state index >= 15 is 0 Å². The van der Waals surface area contributed by atoms with Crippen LogP contribution in [0.4, 0.5) is 4.79 Å². The van der Waals surface area contributed by atoms with Gasteiger partial charge in [0.05, 0.1) is 0 Å². The molecule has 3 nitrogen and oxygen atoms in total. The number of nitrogens with one attached hydrogen (secondary N) is 1. The number of ether oxygens (including phenoxy) is 1. The van der Waals surface area contributed by atoms with Crippen LogP contribution >= 0.6 is 15.9 Å². The molecule has 0 fully saturated rings. The minimum Gasteiger partial charge on any atom is -0.444 e. The van der Waals surface area contributed by atoms with Crippen LogP contribution in [0.1, 0.15) is 38.3 Å². The van der Waals surface area contributed by atoms with E-state index < -0.39 is 11.7 Å². The number of hydrogen-bond donors (Lipinski definition) is 1. The molecule has 1 aromatic carbocycles. The second-order valence-electron chi connectivity index (χ2n) is 5.31. The third-order valence-corrected chi connectivity index (χ3v) is 2.91. The van der Waals surface area contributed by atoms with E-state index in [2.05, 4.69) is 33.1 Å². The molecule has 0 aliphatic heterocycles. The highest BCUT2D eigenvalue weighted by atomic mass is 79.9. The Morgan fingerprint density at radius 3 is 2.50 bits per heavy atom. The van der Waals surface area contributed by atoms with E-state index in [1.54, 1.807) is 0 Å². The standard InChI is InChI=1S/C16H20BrNO2/c1-16(2,3)20-15(19)18-11-5-4-6-13-7-9-14(12-17)10-8-13/h7-10H,5,11-12H2,1-3H3,(H,18,19). The van der Waals surface area contributed by atoms with Crippen LogP contribution in [0, 0.1) is 11.8 Å². The van der Waals surface area contributed by atoms with Gasteiger partial charge in [0, 0.05) is 23.9 Å². The van der Waals surface area contributed by atoms with Gasteiger partial charge in [-0.2, -0.15) is 0 Å². The van der Waals surface area contributed by atoms with Gasteiger partial charge in [-0.25, -0.2) is 4.79 Å². The Bertz CT molecular complexity index is 492. The summed E-state index contributed by atoms with van der Waals surface area (Å²) in [7, 11) is 0. The lowest BCUT2D eigenvalue weighted by molar-refractivity contribution is 0.0529. The maximum atomic E-state index is 11.4. The van der Waals surface area contributed by atoms with Crippen molar-refractivity contribution in [2.45, 2.75) is 38.1 Å². The van der Waals surface area contributed by atoms with Gasteiger partial charge in [-0.05, 0) is 38.5 Å². The summed E-state index contributed by atoms with van der Waals surface area (Å²) >= 11 is 3.40. The van der Waals surface area contributed by atoms with E-state index in [-0.39, 0.29) is 0 Å². The Labute approximate surface area is 129 Å². The van der Waals surface area contributed by atoms with E-state index in [0.717, 1.165) is 10.9 Å². The molecule has 1 aromatic rings. The molecule has 0 saturated carbocycles. The zero-order valence-electron chi connectivity index (χ0n) is 12.1. The van der Waals surface area contributed by atoms with Gasteiger partial charge in [0.2, 0.25) is 0 Å². The summed E-state index contributed by atoms with van der Waals surface area (Å²) in [6.07, 6.45) is 0.195. The van der Waals surface area contributed by atoms with Crippen molar-refractivity contribution in [1.29, 1.82) is 0 Å². The van der Waals surface area contributed by atoms with Crippen molar-refractivity contribution in [1.82, 2.24) is 5.32 Å². The molecule has 20 heavy (non-hydrogen) atoms. The van der Waals surface area contributed by atoms with Gasteiger partial charge >= 0.3 is 6.09 Å². The number of alkyl carbamates (subject to hydrolysis) is 1. The SMILES string of the molecule is CC(C)(C)OC(=O)NCCC#Cc1ccc(CBr)cc1. The van der Waals surface area contributed by atoms with Crippen LogP contribution in [-0.4, -0.2) is 18.2 Å². The van der Waals surface area contributed by atoms with E-state index in [1.807, 2.05) is 45.0 Å². The van der Waals surface area contributed by atoms with Crippen LogP contribution in [0.2, 0.25) is 0 Å². The van der Waals surface area contributed by atoms with Crippen LogP contribution in [0.15, 0.2) is 24.3 Å². The Kier molecular flexibility index (Phi) is 6.60. The molecule has 1 N–H and O–H groups in total. The number of alkyl halides is 1. The average Bonchev–Trinajstić information content (AvgIpc) is 2.37. The highest BCUT2D eigenvalue weighted by Gasteiger charge is 2.15. The van der Waals surface area contributed by atoms with Crippen LogP contribution in [-0.2, 0) is 10.1 Å². The lowest BCUT2D eigenvalue weighted by Gasteiger charge is -2.19. The summed E-state index contributed by atoms with van der Waals surface area (Å²) in [5.41, 5.74) is 1.74. The van der Waals surface area contributed by atoms with E-state index in [1.165, 1.54) is 5.56 Å². The molecule has 1 amide bonds. The van der Waals surface area contributed by atoms with Gasteiger partial charge in [-0.1, -0.05) is 39.9 Å². The lowest BCUT2D eigenvalue weighted by atomic mass is 10.1. The summed E-state index contributed by atoms with van der Waals surface area (Å²) < 4.78 is 5.13. The van der Waals surface area contributed by atoms with E-state index in [9.17, 15) is 4.79 Å². The number of halogens is 1. The van der Waals surface area contributed by atoms with Gasteiger partial charge in [-0.15, -0.1) is 0 Å². The topological polar surface area (TPSA) is 38.3 Å². The van der Waals surface area contributed by atoms with Crippen molar-refractivity contribution in [3.63, 3.8) is 0 Å². The Morgan fingerprint density at radius 1 is 1.30 bits per heavy atom. The fraction of sp³-hybridized carbons (Fsp3) is 0.438. The Balaban J connectivity index is 2.30. The van der Waals surface area contributed by atoms with E-state index in [0.29, 0.717) is 13.0 Å². The predicted octanol–water partition coefficient (Wildman–Crippen LogP) is 3.85. The van der Waals surface area contributed by atoms with Crippen molar-refractivity contribution in [3.8, 4) is 11.8 Å². The number of benzene rings is 1. The Morgan fingerprint density at radius 2 is 1.95 bits per heavy atom. The van der Waals surface area contributed by atoms with Gasteiger partial charge in [-0.3, -0.25) is 0 Å². The third kappa shape index (κ3) is 7.20. The highest BCUT2D eigenvalue weighted by molar-refractivity contribution is 9.08. The summed E-state index contributed by atoms with van der Waals surface area (Å²) in [6, 6.07) is 8.06. The molecule has 0 saturated heterocycles. The van der Waals surface area contributed by atoms with Crippen LogP contribution in [0.3, 0.4) is 0 Å². The Hall–Kier alpha value is -1.47. The second kappa shape index (κ2) is 7.96. The lowest BCUT2D eigenvalue weighted by Crippen LogP contribution is -2.32. The van der Waals surface area contributed by atoms with Crippen molar-refractivity contribution < 1.29 is 9.53 Å². The fourth-order valence-electron chi connectivity index (χ4n) is 1.38. The first-order valence-corrected chi connectivity index (χ1v) is 7.63. The smallest absolute Gasteiger partial charge is 0.407 e. The number of carbonyl (C=O) groups is 1. The maximum Gasteiger partial charge on any atom is 0.407 e. The summed E-state index contributed by atoms with van der Waals surface area (Å²) in [4.78, 5) is 11.4. The second-order valence-corrected chi connectivity index (χ2v) is 5.87. The summed E-state index contributed by atoms with van der Waals surface area (Å²) in [5, 5.41) is 3.52. The predicted molar refractivity (Wildman–Crippen MR) is 84.8 cm³/mol. The number of carbonyl (C=O) groups excluding carboxylic acids is 1. The summed E-state index contributed by atoms with van der Waals surface area (Å²) in [6.45, 7) is 6.00. The molecule has 0 aliphatic rings. The molecule has 0 aromatic heterocycles. The van der Waals surface area contributed by atoms with E-state index in [4.69, 9.17) is 4.74 Å². The molecule has 4 heteroatoms. The molecule has 0 atom stereocenters. The van der Waals surface area contributed by atoms with Gasteiger partial charge in [0.25, 0.3) is 0 Å². The van der Waals surface area contributed by atoms with Gasteiger partial charge in [0.1, 0.15) is 5.60 Å². The van der Waals surface area contributed by atoms with Crippen LogP contribution < -0.4 is 5.32 Å². The third-order valence-electron chi connectivity index (χ3n) is 2.26. The van der Waals surface area contributed by atoms with Crippen molar-refractivity contribution in [3.05, 3.63) is 35.4 Å². The largest absolute Gasteiger partial charge is 0.444 e. The minimum atomic E-state index is -0.465. The average molecular weight is 338 g/mol. The first-order valence-electron chi connectivity index (χ1n) is 6.51. The molecular formula is C16H20BrNO2. The molecule has 1 rings (SSSR count). The number of rotatable bonds is 3. The molecule has 0 unspecified atom stereocenters. The monoisotopic (exact) mass is 337 g/mol. The molecule has 0 radical (unpaired) electrons. The van der Waals surface area contributed by atoms with Crippen molar-refractivity contribution in [2.75, 3.05) is 6.54 Å². The zero-order chi connectivity index (χ0) is 15.0. The molecule has 0 heterocycles. The molecule has 0 bridgehead atoms.